The first-order chi connectivity index (χ1) is 16.3. The molecule has 0 spiro atoms. The van der Waals surface area contributed by atoms with Gasteiger partial charge in [-0.25, -0.2) is 0 Å². The van der Waals surface area contributed by atoms with E-state index in [9.17, 15) is 19.8 Å². The van der Waals surface area contributed by atoms with Crippen LogP contribution in [0.3, 0.4) is 0 Å². The highest BCUT2D eigenvalue weighted by Gasteiger charge is 2.47. The van der Waals surface area contributed by atoms with Gasteiger partial charge in [-0.1, -0.05) is 48.3 Å². The molecule has 1 amide bonds. The molecule has 0 saturated carbocycles. The summed E-state index contributed by atoms with van der Waals surface area (Å²) in [7, 11) is 1.46. The number of halogens is 2. The number of aliphatic hydroxyl groups excluding tert-OH is 1. The molecule has 1 aliphatic rings. The van der Waals surface area contributed by atoms with E-state index in [1.54, 1.807) is 30.3 Å². The maximum absolute atomic E-state index is 13.2. The van der Waals surface area contributed by atoms with Gasteiger partial charge in [-0.2, -0.15) is 0 Å². The Balaban J connectivity index is 1.94. The van der Waals surface area contributed by atoms with Crippen molar-refractivity contribution < 1.29 is 24.5 Å². The molecule has 6 nitrogen and oxygen atoms in total. The van der Waals surface area contributed by atoms with Gasteiger partial charge in [0.1, 0.15) is 17.3 Å². The SMILES string of the molecule is CCc1ccc(N2C(=O)C(=O)/C(=C(\O)c3ccc(OC)c(Cl)c3)C2c2ccc(O)c(Cl)c2)cc1. The van der Waals surface area contributed by atoms with Crippen LogP contribution in [0.25, 0.3) is 5.76 Å². The number of aryl methyl sites for hydroxylation is 1. The van der Waals surface area contributed by atoms with Gasteiger partial charge in [-0.3, -0.25) is 14.5 Å². The minimum Gasteiger partial charge on any atom is -0.507 e. The number of hydrogen-bond acceptors (Lipinski definition) is 5. The third-order valence-corrected chi connectivity index (χ3v) is 6.38. The second-order valence-electron chi connectivity index (χ2n) is 7.75. The van der Waals surface area contributed by atoms with E-state index in [4.69, 9.17) is 27.9 Å². The number of aliphatic hydroxyl groups is 1. The number of carbonyl (C=O) groups excluding carboxylic acids is 2. The molecule has 2 N–H and O–H groups in total. The highest BCUT2D eigenvalue weighted by Crippen LogP contribution is 2.44. The number of amides is 1. The fourth-order valence-electron chi connectivity index (χ4n) is 3.97. The van der Waals surface area contributed by atoms with Crippen LogP contribution in [0.15, 0.2) is 66.2 Å². The fraction of sp³-hybridized carbons (Fsp3) is 0.154. The number of ether oxygens (including phenoxy) is 1. The first-order valence-electron chi connectivity index (χ1n) is 10.5. The highest BCUT2D eigenvalue weighted by atomic mass is 35.5. The zero-order valence-electron chi connectivity index (χ0n) is 18.4. The standard InChI is InChI=1S/C26H21Cl2NO5/c1-3-14-4-8-17(9-5-14)29-23(15-6-10-20(30)18(27)12-15)22(25(32)26(29)33)24(31)16-7-11-21(34-2)19(28)13-16/h4-13,23,30-31H,3H2,1-2H3/b24-22-. The van der Waals surface area contributed by atoms with Crippen molar-refractivity contribution in [3.05, 3.63) is 93.0 Å². The predicted molar refractivity (Wildman–Crippen MR) is 132 cm³/mol. The van der Waals surface area contributed by atoms with Gasteiger partial charge in [-0.05, 0) is 60.0 Å². The number of methoxy groups -OCH3 is 1. The van der Waals surface area contributed by atoms with Crippen LogP contribution in [-0.4, -0.2) is 29.0 Å². The summed E-state index contributed by atoms with van der Waals surface area (Å²) in [5.74, 6) is -1.77. The topological polar surface area (TPSA) is 87.1 Å². The van der Waals surface area contributed by atoms with Crippen molar-refractivity contribution in [1.82, 2.24) is 0 Å². The third kappa shape index (κ3) is 4.11. The molecule has 0 aromatic heterocycles. The third-order valence-electron chi connectivity index (χ3n) is 5.78. The molecule has 4 rings (SSSR count). The number of Topliss-reactive ketones (excluding diaryl/α,β-unsaturated/α-hetero) is 1. The Morgan fingerprint density at radius 2 is 1.71 bits per heavy atom. The maximum atomic E-state index is 13.2. The van der Waals surface area contributed by atoms with Crippen LogP contribution in [0.4, 0.5) is 5.69 Å². The Bertz CT molecular complexity index is 1320. The average Bonchev–Trinajstić information content (AvgIpc) is 3.10. The summed E-state index contributed by atoms with van der Waals surface area (Å²) in [4.78, 5) is 27.8. The highest BCUT2D eigenvalue weighted by molar-refractivity contribution is 6.51. The second-order valence-corrected chi connectivity index (χ2v) is 8.56. The number of phenolic OH excluding ortho intramolecular Hbond substituents is 1. The first kappa shape index (κ1) is 23.7. The second kappa shape index (κ2) is 9.41. The van der Waals surface area contributed by atoms with Crippen LogP contribution >= 0.6 is 23.2 Å². The van der Waals surface area contributed by atoms with Gasteiger partial charge in [0, 0.05) is 11.3 Å². The van der Waals surface area contributed by atoms with Crippen LogP contribution in [0.5, 0.6) is 11.5 Å². The quantitative estimate of drug-likeness (QED) is 0.260. The lowest BCUT2D eigenvalue weighted by Gasteiger charge is -2.26. The van der Waals surface area contributed by atoms with Crippen LogP contribution < -0.4 is 9.64 Å². The van der Waals surface area contributed by atoms with Crippen LogP contribution in [0.2, 0.25) is 10.0 Å². The average molecular weight is 498 g/mol. The summed E-state index contributed by atoms with van der Waals surface area (Å²) in [6.45, 7) is 2.01. The minimum absolute atomic E-state index is 0.0527. The lowest BCUT2D eigenvalue weighted by molar-refractivity contribution is -0.132. The van der Waals surface area contributed by atoms with Crippen molar-refractivity contribution in [2.45, 2.75) is 19.4 Å². The van der Waals surface area contributed by atoms with Crippen molar-refractivity contribution in [3.63, 3.8) is 0 Å². The smallest absolute Gasteiger partial charge is 0.300 e. The lowest BCUT2D eigenvalue weighted by atomic mass is 9.95. The summed E-state index contributed by atoms with van der Waals surface area (Å²) in [6.07, 6.45) is 0.814. The minimum atomic E-state index is -0.980. The lowest BCUT2D eigenvalue weighted by Crippen LogP contribution is -2.29. The number of ketones is 1. The summed E-state index contributed by atoms with van der Waals surface area (Å²) in [5, 5.41) is 21.4. The van der Waals surface area contributed by atoms with Crippen LogP contribution in [0, 0.1) is 0 Å². The van der Waals surface area contributed by atoms with Crippen LogP contribution in [-0.2, 0) is 16.0 Å². The molecule has 0 radical (unpaired) electrons. The monoisotopic (exact) mass is 497 g/mol. The van der Waals surface area contributed by atoms with Crippen molar-refractivity contribution in [2.75, 3.05) is 12.0 Å². The van der Waals surface area contributed by atoms with E-state index in [2.05, 4.69) is 0 Å². The van der Waals surface area contributed by atoms with Gasteiger partial charge in [0.05, 0.1) is 28.8 Å². The van der Waals surface area contributed by atoms with Crippen molar-refractivity contribution in [3.8, 4) is 11.5 Å². The Kier molecular flexibility index (Phi) is 6.55. The van der Waals surface area contributed by atoms with Gasteiger partial charge in [0.25, 0.3) is 11.7 Å². The molecule has 0 bridgehead atoms. The molecule has 1 fully saturated rings. The number of benzene rings is 3. The number of aromatic hydroxyl groups is 1. The van der Waals surface area contributed by atoms with E-state index in [0.717, 1.165) is 12.0 Å². The molecule has 1 aliphatic heterocycles. The molecule has 34 heavy (non-hydrogen) atoms. The molecule has 3 aromatic carbocycles. The molecule has 8 heteroatoms. The van der Waals surface area contributed by atoms with Gasteiger partial charge in [0.15, 0.2) is 0 Å². The molecule has 1 unspecified atom stereocenters. The number of rotatable bonds is 5. The number of nitrogens with zero attached hydrogens (tertiary/aromatic N) is 1. The van der Waals surface area contributed by atoms with Crippen molar-refractivity contribution >= 4 is 46.3 Å². The zero-order chi connectivity index (χ0) is 24.6. The molecule has 174 valence electrons. The first-order valence-corrected chi connectivity index (χ1v) is 11.2. The summed E-state index contributed by atoms with van der Waals surface area (Å²) < 4.78 is 5.15. The predicted octanol–water partition coefficient (Wildman–Crippen LogP) is 5.90. The van der Waals surface area contributed by atoms with E-state index in [-0.39, 0.29) is 32.7 Å². The van der Waals surface area contributed by atoms with E-state index in [0.29, 0.717) is 17.0 Å². The Labute approximate surface area is 206 Å². The summed E-state index contributed by atoms with van der Waals surface area (Å²) >= 11 is 12.4. The number of carbonyl (C=O) groups is 2. The summed E-state index contributed by atoms with van der Waals surface area (Å²) in [5.41, 5.74) is 2.13. The largest absolute Gasteiger partial charge is 0.507 e. The molecule has 3 aromatic rings. The van der Waals surface area contributed by atoms with E-state index in [1.807, 2.05) is 19.1 Å². The Morgan fingerprint density at radius 1 is 1.00 bits per heavy atom. The molecule has 0 aliphatic carbocycles. The number of anilines is 1. The number of hydrogen-bond donors (Lipinski definition) is 2. The zero-order valence-corrected chi connectivity index (χ0v) is 19.9. The summed E-state index contributed by atoms with van der Waals surface area (Å²) in [6, 6.07) is 15.2. The van der Waals surface area contributed by atoms with Gasteiger partial charge < -0.3 is 14.9 Å². The Hall–Kier alpha value is -3.48. The number of phenols is 1. The van der Waals surface area contributed by atoms with E-state index in [1.165, 1.54) is 30.2 Å². The van der Waals surface area contributed by atoms with Gasteiger partial charge in [0.2, 0.25) is 0 Å². The molecular formula is C26H21Cl2NO5. The maximum Gasteiger partial charge on any atom is 0.300 e. The Morgan fingerprint density at radius 3 is 2.29 bits per heavy atom. The molecule has 1 atom stereocenters. The van der Waals surface area contributed by atoms with E-state index < -0.39 is 17.7 Å². The van der Waals surface area contributed by atoms with Gasteiger partial charge in [-0.15, -0.1) is 0 Å². The normalized spacial score (nSPS) is 17.3. The van der Waals surface area contributed by atoms with Crippen molar-refractivity contribution in [2.24, 2.45) is 0 Å². The van der Waals surface area contributed by atoms with Crippen LogP contribution in [0.1, 0.15) is 29.7 Å². The molecule has 1 saturated heterocycles. The van der Waals surface area contributed by atoms with Gasteiger partial charge >= 0.3 is 0 Å². The van der Waals surface area contributed by atoms with E-state index >= 15 is 0 Å². The molecule has 1 heterocycles. The van der Waals surface area contributed by atoms with Crippen molar-refractivity contribution in [1.29, 1.82) is 0 Å². The molecular weight excluding hydrogens is 477 g/mol. The fourth-order valence-corrected chi connectivity index (χ4v) is 4.42.